The second-order valence-corrected chi connectivity index (χ2v) is 3.72. The summed E-state index contributed by atoms with van der Waals surface area (Å²) in [4.78, 5) is 0. The van der Waals surface area contributed by atoms with Crippen molar-refractivity contribution in [2.75, 3.05) is 19.8 Å². The summed E-state index contributed by atoms with van der Waals surface area (Å²) in [6, 6.07) is 0. The Bertz CT molecular complexity index is 113. The maximum absolute atomic E-state index is 9.40. The molecular weight excluding hydrogens is 168 g/mol. The van der Waals surface area contributed by atoms with E-state index in [1.165, 1.54) is 12.8 Å². The molecule has 0 spiro atoms. The molecule has 3 nitrogen and oxygen atoms in total. The van der Waals surface area contributed by atoms with Crippen molar-refractivity contribution < 1.29 is 14.9 Å². The molecule has 0 aromatic carbocycles. The second-order valence-electron chi connectivity index (χ2n) is 3.72. The average molecular weight is 190 g/mol. The molecule has 0 aromatic rings. The molecular formula is C10H22O3. The normalized spacial score (nSPS) is 15.7. The van der Waals surface area contributed by atoms with Gasteiger partial charge in [-0.25, -0.2) is 0 Å². The Balaban J connectivity index is 3.16. The first-order valence-electron chi connectivity index (χ1n) is 5.03. The van der Waals surface area contributed by atoms with Crippen LogP contribution in [0.15, 0.2) is 0 Å². The molecule has 0 aliphatic carbocycles. The van der Waals surface area contributed by atoms with Gasteiger partial charge in [0.05, 0.1) is 12.2 Å². The van der Waals surface area contributed by atoms with Gasteiger partial charge in [-0.2, -0.15) is 0 Å². The van der Waals surface area contributed by atoms with Crippen molar-refractivity contribution in [1.82, 2.24) is 0 Å². The van der Waals surface area contributed by atoms with Gasteiger partial charge in [0.15, 0.2) is 0 Å². The van der Waals surface area contributed by atoms with E-state index < -0.39 is 5.60 Å². The Labute approximate surface area is 80.7 Å². The highest BCUT2D eigenvalue weighted by Crippen LogP contribution is 2.07. The van der Waals surface area contributed by atoms with E-state index >= 15 is 0 Å². The molecule has 0 rings (SSSR count). The van der Waals surface area contributed by atoms with Crippen LogP contribution in [0.25, 0.3) is 0 Å². The predicted molar refractivity (Wildman–Crippen MR) is 52.7 cm³/mol. The molecule has 13 heavy (non-hydrogen) atoms. The van der Waals surface area contributed by atoms with Crippen LogP contribution in [0.5, 0.6) is 0 Å². The number of rotatable bonds is 8. The summed E-state index contributed by atoms with van der Waals surface area (Å²) in [7, 11) is 0. The lowest BCUT2D eigenvalue weighted by Crippen LogP contribution is -2.30. The standard InChI is InChI=1S/C10H22O3/c1-3-4-5-7-13-8-6-10(2,12)9-11/h11-12H,3-9H2,1-2H3. The lowest BCUT2D eigenvalue weighted by molar-refractivity contribution is -0.0268. The third kappa shape index (κ3) is 8.22. The highest BCUT2D eigenvalue weighted by molar-refractivity contribution is 4.69. The summed E-state index contributed by atoms with van der Waals surface area (Å²) in [5.41, 5.74) is -0.981. The van der Waals surface area contributed by atoms with E-state index in [0.717, 1.165) is 13.0 Å². The molecule has 2 N–H and O–H groups in total. The van der Waals surface area contributed by atoms with Crippen LogP contribution in [-0.2, 0) is 4.74 Å². The predicted octanol–water partition coefficient (Wildman–Crippen LogP) is 1.33. The van der Waals surface area contributed by atoms with E-state index in [2.05, 4.69) is 6.92 Å². The molecule has 0 saturated heterocycles. The minimum atomic E-state index is -0.981. The zero-order valence-corrected chi connectivity index (χ0v) is 8.75. The molecule has 3 heteroatoms. The van der Waals surface area contributed by atoms with E-state index in [9.17, 15) is 5.11 Å². The molecule has 0 amide bonds. The Morgan fingerprint density at radius 1 is 1.23 bits per heavy atom. The minimum absolute atomic E-state index is 0.203. The third-order valence-corrected chi connectivity index (χ3v) is 2.02. The zero-order chi connectivity index (χ0) is 10.2. The number of aliphatic hydroxyl groups excluding tert-OH is 1. The van der Waals surface area contributed by atoms with Gasteiger partial charge in [0, 0.05) is 19.6 Å². The van der Waals surface area contributed by atoms with Crippen molar-refractivity contribution in [2.24, 2.45) is 0 Å². The first-order valence-corrected chi connectivity index (χ1v) is 5.03. The Morgan fingerprint density at radius 2 is 1.92 bits per heavy atom. The maximum atomic E-state index is 9.40. The maximum Gasteiger partial charge on any atom is 0.0871 e. The van der Waals surface area contributed by atoms with Gasteiger partial charge in [-0.3, -0.25) is 0 Å². The first kappa shape index (κ1) is 12.9. The fourth-order valence-corrected chi connectivity index (χ4v) is 0.927. The molecule has 0 aromatic heterocycles. The van der Waals surface area contributed by atoms with E-state index in [1.54, 1.807) is 6.92 Å². The monoisotopic (exact) mass is 190 g/mol. The van der Waals surface area contributed by atoms with Crippen LogP contribution in [0.4, 0.5) is 0 Å². The smallest absolute Gasteiger partial charge is 0.0871 e. The van der Waals surface area contributed by atoms with Gasteiger partial charge in [0.1, 0.15) is 0 Å². The summed E-state index contributed by atoms with van der Waals surface area (Å²) in [5, 5.41) is 18.1. The zero-order valence-electron chi connectivity index (χ0n) is 8.75. The Hall–Kier alpha value is -0.120. The van der Waals surface area contributed by atoms with Crippen molar-refractivity contribution >= 4 is 0 Å². The molecule has 0 radical (unpaired) electrons. The lowest BCUT2D eigenvalue weighted by atomic mass is 10.1. The summed E-state index contributed by atoms with van der Waals surface area (Å²) in [5.74, 6) is 0. The van der Waals surface area contributed by atoms with Gasteiger partial charge < -0.3 is 14.9 Å². The van der Waals surface area contributed by atoms with Gasteiger partial charge in [-0.05, 0) is 13.3 Å². The summed E-state index contributed by atoms with van der Waals surface area (Å²) in [6.07, 6.45) is 3.96. The highest BCUT2D eigenvalue weighted by Gasteiger charge is 2.17. The minimum Gasteiger partial charge on any atom is -0.393 e. The van der Waals surface area contributed by atoms with Crippen LogP contribution in [0.2, 0.25) is 0 Å². The van der Waals surface area contributed by atoms with Crippen LogP contribution >= 0.6 is 0 Å². The van der Waals surface area contributed by atoms with Crippen LogP contribution < -0.4 is 0 Å². The second kappa shape index (κ2) is 7.30. The van der Waals surface area contributed by atoms with Gasteiger partial charge in [-0.1, -0.05) is 19.8 Å². The summed E-state index contributed by atoms with van der Waals surface area (Å²) in [6.45, 7) is 4.84. The quantitative estimate of drug-likeness (QED) is 0.568. The van der Waals surface area contributed by atoms with Crippen LogP contribution in [0.3, 0.4) is 0 Å². The molecule has 1 atom stereocenters. The van der Waals surface area contributed by atoms with Crippen LogP contribution in [0.1, 0.15) is 39.5 Å². The largest absolute Gasteiger partial charge is 0.393 e. The number of hydrogen-bond donors (Lipinski definition) is 2. The van der Waals surface area contributed by atoms with Crippen molar-refractivity contribution in [3.05, 3.63) is 0 Å². The number of aliphatic hydroxyl groups is 2. The van der Waals surface area contributed by atoms with Gasteiger partial charge >= 0.3 is 0 Å². The fraction of sp³-hybridized carbons (Fsp3) is 1.00. The van der Waals surface area contributed by atoms with Gasteiger partial charge in [0.2, 0.25) is 0 Å². The van der Waals surface area contributed by atoms with E-state index in [1.807, 2.05) is 0 Å². The van der Waals surface area contributed by atoms with E-state index in [-0.39, 0.29) is 6.61 Å². The molecule has 0 heterocycles. The van der Waals surface area contributed by atoms with Crippen molar-refractivity contribution in [3.63, 3.8) is 0 Å². The topological polar surface area (TPSA) is 49.7 Å². The number of hydrogen-bond acceptors (Lipinski definition) is 3. The third-order valence-electron chi connectivity index (χ3n) is 2.02. The van der Waals surface area contributed by atoms with Gasteiger partial charge in [0.25, 0.3) is 0 Å². The summed E-state index contributed by atoms with van der Waals surface area (Å²) < 4.78 is 5.30. The fourth-order valence-electron chi connectivity index (χ4n) is 0.927. The molecule has 80 valence electrons. The van der Waals surface area contributed by atoms with Crippen molar-refractivity contribution in [3.8, 4) is 0 Å². The number of ether oxygens (including phenoxy) is 1. The number of unbranched alkanes of at least 4 members (excludes halogenated alkanes) is 2. The highest BCUT2D eigenvalue weighted by atomic mass is 16.5. The molecule has 0 fully saturated rings. The molecule has 0 bridgehead atoms. The summed E-state index contributed by atoms with van der Waals surface area (Å²) >= 11 is 0. The Kier molecular flexibility index (Phi) is 7.23. The molecule has 0 saturated carbocycles. The SMILES string of the molecule is CCCCCOCCC(C)(O)CO. The first-order chi connectivity index (χ1) is 6.12. The van der Waals surface area contributed by atoms with Crippen LogP contribution in [-0.4, -0.2) is 35.6 Å². The van der Waals surface area contributed by atoms with Crippen molar-refractivity contribution in [2.45, 2.75) is 45.1 Å². The van der Waals surface area contributed by atoms with Crippen LogP contribution in [0, 0.1) is 0 Å². The Morgan fingerprint density at radius 3 is 2.46 bits per heavy atom. The van der Waals surface area contributed by atoms with Gasteiger partial charge in [-0.15, -0.1) is 0 Å². The molecule has 0 aliphatic heterocycles. The molecule has 0 aliphatic rings. The average Bonchev–Trinajstić information content (AvgIpc) is 2.11. The molecule has 1 unspecified atom stereocenters. The van der Waals surface area contributed by atoms with Crippen molar-refractivity contribution in [1.29, 1.82) is 0 Å². The lowest BCUT2D eigenvalue weighted by Gasteiger charge is -2.19. The van der Waals surface area contributed by atoms with E-state index in [0.29, 0.717) is 13.0 Å². The van der Waals surface area contributed by atoms with E-state index in [4.69, 9.17) is 9.84 Å².